The summed E-state index contributed by atoms with van der Waals surface area (Å²) in [4.78, 5) is 0. The molecule has 0 spiro atoms. The van der Waals surface area contributed by atoms with E-state index < -0.39 is 72.1 Å². The Kier molecular flexibility index (Phi) is 7.95. The normalized spacial score (nSPS) is 35.9. The van der Waals surface area contributed by atoms with Crippen molar-refractivity contribution in [2.45, 2.75) is 48.0 Å². The van der Waals surface area contributed by atoms with Crippen LogP contribution in [0.2, 0.25) is 0 Å². The summed E-state index contributed by atoms with van der Waals surface area (Å²) < 4.78 is 0. The summed E-state index contributed by atoms with van der Waals surface area (Å²) in [6, 6.07) is 0. The lowest BCUT2D eigenvalue weighted by Gasteiger charge is -2.28. The Bertz CT molecular complexity index is 334. The maximum atomic E-state index is 9.93. The molecule has 9 nitrogen and oxygen atoms in total. The van der Waals surface area contributed by atoms with Crippen molar-refractivity contribution in [2.24, 2.45) is 0 Å². The molecule has 0 saturated carbocycles. The summed E-state index contributed by atoms with van der Waals surface area (Å²) in [5.41, 5.74) is 0. The van der Waals surface area contributed by atoms with Crippen LogP contribution in [0.15, 0.2) is 0 Å². The van der Waals surface area contributed by atoms with Crippen LogP contribution in [0.1, 0.15) is 0 Å². The van der Waals surface area contributed by atoms with Crippen molar-refractivity contribution in [1.82, 2.24) is 0 Å². The quantitative estimate of drug-likeness (QED) is 0.194. The van der Waals surface area contributed by atoms with Gasteiger partial charge in [0.1, 0.15) is 54.2 Å². The molecule has 1 fully saturated rings. The van der Waals surface area contributed by atoms with E-state index in [2.05, 4.69) is 0 Å². The first kappa shape index (κ1) is 20.0. The first-order valence-electron chi connectivity index (χ1n) is 6.89. The van der Waals surface area contributed by atoms with E-state index in [1.807, 2.05) is 0 Å². The standard InChI is InChI=1S/C12H25O9S/c13-1-5(15)10(19)12(21)11(20)7(17)4-22-3-6(16)9(18)8(22)2-14/h5-21H,1-4H2/q+1/t5-,6+,7+,8+,9?,10+,11+,12+,22?/m0/s1. The average Bonchev–Trinajstić information content (AvgIpc) is 2.77. The van der Waals surface area contributed by atoms with Gasteiger partial charge in [0.15, 0.2) is 5.25 Å². The van der Waals surface area contributed by atoms with E-state index in [4.69, 9.17) is 5.11 Å². The fourth-order valence-corrected chi connectivity index (χ4v) is 5.06. The van der Waals surface area contributed by atoms with Gasteiger partial charge in [0.2, 0.25) is 0 Å². The first-order chi connectivity index (χ1) is 10.2. The molecule has 1 aliphatic heterocycles. The Balaban J connectivity index is 2.62. The number of aliphatic hydroxyl groups is 9. The molecule has 0 aromatic carbocycles. The number of aliphatic hydroxyl groups excluding tert-OH is 9. The van der Waals surface area contributed by atoms with Gasteiger partial charge < -0.3 is 46.0 Å². The molecule has 9 N–H and O–H groups in total. The molecular weight excluding hydrogens is 320 g/mol. The largest absolute Gasteiger partial charge is 0.394 e. The van der Waals surface area contributed by atoms with E-state index >= 15 is 0 Å². The third-order valence-corrected chi connectivity index (χ3v) is 6.65. The molecule has 0 radical (unpaired) electrons. The molecule has 1 aliphatic rings. The Morgan fingerprint density at radius 2 is 1.41 bits per heavy atom. The lowest BCUT2D eigenvalue weighted by Crippen LogP contribution is -2.52. The summed E-state index contributed by atoms with van der Waals surface area (Å²) in [6.45, 7) is -1.21. The Hall–Kier alpha value is -0.0100. The van der Waals surface area contributed by atoms with E-state index in [-0.39, 0.29) is 11.5 Å². The molecule has 0 amide bonds. The predicted molar refractivity (Wildman–Crippen MR) is 77.1 cm³/mol. The minimum atomic E-state index is -1.88. The molecule has 9 atom stereocenters. The Morgan fingerprint density at radius 1 is 0.864 bits per heavy atom. The molecular formula is C12H25O9S+. The zero-order chi connectivity index (χ0) is 17.0. The molecule has 22 heavy (non-hydrogen) atoms. The second kappa shape index (κ2) is 8.73. The molecule has 132 valence electrons. The van der Waals surface area contributed by atoms with Crippen LogP contribution in [0, 0.1) is 0 Å². The smallest absolute Gasteiger partial charge is 0.169 e. The highest BCUT2D eigenvalue weighted by atomic mass is 32.2. The summed E-state index contributed by atoms with van der Waals surface area (Å²) in [5.74, 6) is 0.0492. The highest BCUT2D eigenvalue weighted by Gasteiger charge is 2.51. The van der Waals surface area contributed by atoms with Crippen molar-refractivity contribution < 1.29 is 46.0 Å². The van der Waals surface area contributed by atoms with Gasteiger partial charge in [0.25, 0.3) is 0 Å². The summed E-state index contributed by atoms with van der Waals surface area (Å²) in [5, 5.41) is 84.7. The third kappa shape index (κ3) is 4.51. The lowest BCUT2D eigenvalue weighted by molar-refractivity contribution is -0.136. The molecule has 0 aromatic rings. The van der Waals surface area contributed by atoms with Crippen molar-refractivity contribution in [1.29, 1.82) is 0 Å². The van der Waals surface area contributed by atoms with Crippen molar-refractivity contribution in [3.63, 3.8) is 0 Å². The average molecular weight is 345 g/mol. The summed E-state index contributed by atoms with van der Waals surface area (Å²) in [6.07, 6.45) is -10.8. The van der Waals surface area contributed by atoms with Gasteiger partial charge in [-0.1, -0.05) is 0 Å². The fourth-order valence-electron chi connectivity index (χ4n) is 2.37. The van der Waals surface area contributed by atoms with Gasteiger partial charge in [-0.2, -0.15) is 0 Å². The zero-order valence-electron chi connectivity index (χ0n) is 11.9. The van der Waals surface area contributed by atoms with Gasteiger partial charge >= 0.3 is 0 Å². The van der Waals surface area contributed by atoms with E-state index in [0.717, 1.165) is 0 Å². The molecule has 0 bridgehead atoms. The van der Waals surface area contributed by atoms with Gasteiger partial charge in [-0.05, 0) is 0 Å². The Labute approximate surface area is 130 Å². The monoisotopic (exact) mass is 345 g/mol. The van der Waals surface area contributed by atoms with E-state index in [9.17, 15) is 40.9 Å². The summed E-state index contributed by atoms with van der Waals surface area (Å²) >= 11 is 0. The van der Waals surface area contributed by atoms with Crippen LogP contribution >= 0.6 is 0 Å². The van der Waals surface area contributed by atoms with Crippen molar-refractivity contribution in [3.8, 4) is 0 Å². The van der Waals surface area contributed by atoms with Gasteiger partial charge in [0.05, 0.1) is 13.2 Å². The van der Waals surface area contributed by atoms with Gasteiger partial charge in [-0.25, -0.2) is 0 Å². The number of hydrogen-bond acceptors (Lipinski definition) is 9. The SMILES string of the molecule is OC[C@@H]1C(O)[C@H](O)C[S+]1C[C@@H](O)[C@@H](O)[C@H](O)[C@H](O)[C@@H](O)CO. The van der Waals surface area contributed by atoms with Gasteiger partial charge in [-0.3, -0.25) is 0 Å². The van der Waals surface area contributed by atoms with E-state index in [1.54, 1.807) is 0 Å². The fraction of sp³-hybridized carbons (Fsp3) is 1.00. The van der Waals surface area contributed by atoms with Crippen molar-refractivity contribution in [3.05, 3.63) is 0 Å². The van der Waals surface area contributed by atoms with Crippen LogP contribution < -0.4 is 0 Å². The van der Waals surface area contributed by atoms with Crippen LogP contribution in [-0.2, 0) is 10.9 Å². The minimum absolute atomic E-state index is 0.0977. The van der Waals surface area contributed by atoms with Crippen LogP contribution in [-0.4, -0.2) is 119 Å². The van der Waals surface area contributed by atoms with Gasteiger partial charge in [0, 0.05) is 10.9 Å². The maximum absolute atomic E-state index is 9.93. The predicted octanol–water partition coefficient (Wildman–Crippen LogP) is -5.50. The molecule has 2 unspecified atom stereocenters. The van der Waals surface area contributed by atoms with Crippen molar-refractivity contribution >= 4 is 10.9 Å². The molecule has 1 rings (SSSR count). The molecule has 0 aliphatic carbocycles. The number of rotatable bonds is 8. The third-order valence-electron chi connectivity index (χ3n) is 3.83. The zero-order valence-corrected chi connectivity index (χ0v) is 12.7. The van der Waals surface area contributed by atoms with Crippen molar-refractivity contribution in [2.75, 3.05) is 24.7 Å². The van der Waals surface area contributed by atoms with Crippen LogP contribution in [0.25, 0.3) is 0 Å². The van der Waals surface area contributed by atoms with Gasteiger partial charge in [-0.15, -0.1) is 0 Å². The first-order valence-corrected chi connectivity index (χ1v) is 8.51. The summed E-state index contributed by atoms with van der Waals surface area (Å²) in [7, 11) is -0.783. The topological polar surface area (TPSA) is 182 Å². The second-order valence-corrected chi connectivity index (χ2v) is 7.79. The van der Waals surface area contributed by atoms with E-state index in [0.29, 0.717) is 0 Å². The number of hydrogen-bond donors (Lipinski definition) is 9. The lowest BCUT2D eigenvalue weighted by atomic mass is 10.0. The van der Waals surface area contributed by atoms with Crippen LogP contribution in [0.4, 0.5) is 0 Å². The van der Waals surface area contributed by atoms with Crippen LogP contribution in [0.5, 0.6) is 0 Å². The highest BCUT2D eigenvalue weighted by Crippen LogP contribution is 2.25. The van der Waals surface area contributed by atoms with Crippen LogP contribution in [0.3, 0.4) is 0 Å². The molecule has 10 heteroatoms. The maximum Gasteiger partial charge on any atom is 0.169 e. The second-order valence-electron chi connectivity index (χ2n) is 5.44. The molecule has 1 heterocycles. The Morgan fingerprint density at radius 3 is 1.91 bits per heavy atom. The van der Waals surface area contributed by atoms with E-state index in [1.165, 1.54) is 0 Å². The minimum Gasteiger partial charge on any atom is -0.394 e. The molecule has 0 aromatic heterocycles. The highest BCUT2D eigenvalue weighted by molar-refractivity contribution is 7.97. The molecule has 1 saturated heterocycles.